The van der Waals surface area contributed by atoms with Crippen molar-refractivity contribution in [2.24, 2.45) is 0 Å². The first-order valence-corrected chi connectivity index (χ1v) is 14.0. The SMILES string of the molecule is CCOc1cc(/C=C2\SC(=S)N(c3ccc(N(C)C)cc3)C2=O)cc(Br)c1OCc1ccc(Cl)cc1Cl. The van der Waals surface area contributed by atoms with E-state index in [1.807, 2.05) is 68.4 Å². The summed E-state index contributed by atoms with van der Waals surface area (Å²) in [4.78, 5) is 17.3. The number of hydrogen-bond acceptors (Lipinski definition) is 6. The molecule has 1 aliphatic rings. The average Bonchev–Trinajstić information content (AvgIpc) is 3.12. The van der Waals surface area contributed by atoms with Gasteiger partial charge in [0, 0.05) is 35.4 Å². The number of ether oxygens (including phenoxy) is 2. The van der Waals surface area contributed by atoms with Gasteiger partial charge in [-0.3, -0.25) is 9.69 Å². The molecule has 5 nitrogen and oxygen atoms in total. The summed E-state index contributed by atoms with van der Waals surface area (Å²) in [7, 11) is 3.93. The third kappa shape index (κ3) is 6.44. The smallest absolute Gasteiger partial charge is 0.270 e. The molecule has 0 unspecified atom stereocenters. The van der Waals surface area contributed by atoms with Crippen molar-refractivity contribution in [2.75, 3.05) is 30.5 Å². The molecule has 0 aromatic heterocycles. The van der Waals surface area contributed by atoms with Crippen LogP contribution in [0.5, 0.6) is 11.5 Å². The van der Waals surface area contributed by atoms with Crippen LogP contribution >= 0.6 is 63.1 Å². The van der Waals surface area contributed by atoms with E-state index in [2.05, 4.69) is 15.9 Å². The number of benzene rings is 3. The Morgan fingerprint density at radius 2 is 1.81 bits per heavy atom. The average molecular weight is 638 g/mol. The molecule has 0 saturated carbocycles. The van der Waals surface area contributed by atoms with Gasteiger partial charge >= 0.3 is 0 Å². The lowest BCUT2D eigenvalue weighted by molar-refractivity contribution is -0.113. The van der Waals surface area contributed by atoms with Gasteiger partial charge in [0.15, 0.2) is 15.8 Å². The first kappa shape index (κ1) is 27.8. The molecule has 1 fully saturated rings. The Kier molecular flexibility index (Phi) is 9.08. The van der Waals surface area contributed by atoms with E-state index in [4.69, 9.17) is 44.9 Å². The fraction of sp³-hybridized carbons (Fsp3) is 0.185. The van der Waals surface area contributed by atoms with Gasteiger partial charge in [-0.15, -0.1) is 0 Å². The zero-order valence-electron chi connectivity index (χ0n) is 20.3. The molecule has 0 aliphatic carbocycles. The number of halogens is 3. The van der Waals surface area contributed by atoms with Crippen molar-refractivity contribution in [3.8, 4) is 11.5 Å². The lowest BCUT2D eigenvalue weighted by Crippen LogP contribution is -2.27. The molecule has 3 aromatic rings. The van der Waals surface area contributed by atoms with Crippen LogP contribution in [-0.4, -0.2) is 30.9 Å². The third-order valence-corrected chi connectivity index (χ3v) is 7.91. The molecule has 4 rings (SSSR count). The highest BCUT2D eigenvalue weighted by molar-refractivity contribution is 9.10. The van der Waals surface area contributed by atoms with Gasteiger partial charge in [-0.1, -0.05) is 53.2 Å². The molecule has 1 saturated heterocycles. The number of carbonyl (C=O) groups is 1. The number of rotatable bonds is 8. The molecule has 37 heavy (non-hydrogen) atoms. The Balaban J connectivity index is 1.58. The second kappa shape index (κ2) is 12.1. The number of nitrogens with zero attached hydrogens (tertiary/aromatic N) is 2. The zero-order valence-corrected chi connectivity index (χ0v) is 25.0. The van der Waals surface area contributed by atoms with E-state index < -0.39 is 0 Å². The van der Waals surface area contributed by atoms with Gasteiger partial charge in [0.1, 0.15) is 6.61 Å². The van der Waals surface area contributed by atoms with Crippen LogP contribution in [0.25, 0.3) is 6.08 Å². The molecule has 192 valence electrons. The minimum Gasteiger partial charge on any atom is -0.490 e. The normalized spacial score (nSPS) is 14.4. The highest BCUT2D eigenvalue weighted by atomic mass is 79.9. The van der Waals surface area contributed by atoms with Gasteiger partial charge < -0.3 is 14.4 Å². The topological polar surface area (TPSA) is 42.0 Å². The van der Waals surface area contributed by atoms with Crippen molar-refractivity contribution < 1.29 is 14.3 Å². The summed E-state index contributed by atoms with van der Waals surface area (Å²) in [5.74, 6) is 0.918. The monoisotopic (exact) mass is 636 g/mol. The van der Waals surface area contributed by atoms with Crippen LogP contribution in [-0.2, 0) is 11.4 Å². The summed E-state index contributed by atoms with van der Waals surface area (Å²) in [6.45, 7) is 2.57. The summed E-state index contributed by atoms with van der Waals surface area (Å²) >= 11 is 22.7. The highest BCUT2D eigenvalue weighted by Gasteiger charge is 2.33. The fourth-order valence-electron chi connectivity index (χ4n) is 3.60. The molecule has 3 aromatic carbocycles. The molecule has 1 heterocycles. The molecule has 1 aliphatic heterocycles. The zero-order chi connectivity index (χ0) is 26.7. The largest absolute Gasteiger partial charge is 0.490 e. The number of hydrogen-bond donors (Lipinski definition) is 0. The Labute approximate surface area is 244 Å². The second-order valence-electron chi connectivity index (χ2n) is 8.22. The number of carbonyl (C=O) groups excluding carboxylic acids is 1. The molecule has 10 heteroatoms. The van der Waals surface area contributed by atoms with Gasteiger partial charge in [0.25, 0.3) is 5.91 Å². The lowest BCUT2D eigenvalue weighted by atomic mass is 10.1. The standard InChI is InChI=1S/C27H23BrCl2N2O3S2/c1-4-34-23-12-16(11-21(28)25(23)35-15-17-5-6-18(29)14-22(17)30)13-24-26(33)32(27(36)37-24)20-9-7-19(8-10-20)31(2)3/h5-14H,4,15H2,1-3H3/b24-13-. The maximum atomic E-state index is 13.3. The van der Waals surface area contributed by atoms with E-state index in [1.165, 1.54) is 11.8 Å². The molecule has 0 N–H and O–H groups in total. The van der Waals surface area contributed by atoms with Crippen molar-refractivity contribution in [3.05, 3.63) is 85.1 Å². The van der Waals surface area contributed by atoms with Crippen LogP contribution in [0, 0.1) is 0 Å². The van der Waals surface area contributed by atoms with E-state index in [9.17, 15) is 4.79 Å². The summed E-state index contributed by atoms with van der Waals surface area (Å²) in [6, 6.07) is 16.7. The van der Waals surface area contributed by atoms with E-state index >= 15 is 0 Å². The summed E-state index contributed by atoms with van der Waals surface area (Å²) < 4.78 is 13.1. The molecule has 1 amide bonds. The predicted octanol–water partition coefficient (Wildman–Crippen LogP) is 8.21. The van der Waals surface area contributed by atoms with Crippen molar-refractivity contribution in [1.82, 2.24) is 0 Å². The van der Waals surface area contributed by atoms with Crippen LogP contribution in [0.1, 0.15) is 18.1 Å². The van der Waals surface area contributed by atoms with Crippen LogP contribution in [0.2, 0.25) is 10.0 Å². The van der Waals surface area contributed by atoms with Crippen molar-refractivity contribution in [1.29, 1.82) is 0 Å². The lowest BCUT2D eigenvalue weighted by Gasteiger charge is -2.17. The number of amides is 1. The van der Waals surface area contributed by atoms with Gasteiger partial charge in [-0.25, -0.2) is 0 Å². The Hall–Kier alpha value is -2.23. The fourth-order valence-corrected chi connectivity index (χ4v) is 5.94. The molecular weight excluding hydrogens is 615 g/mol. The van der Waals surface area contributed by atoms with Crippen LogP contribution in [0.3, 0.4) is 0 Å². The Morgan fingerprint density at radius 3 is 2.46 bits per heavy atom. The second-order valence-corrected chi connectivity index (χ2v) is 11.6. The van der Waals surface area contributed by atoms with E-state index in [0.29, 0.717) is 41.8 Å². The summed E-state index contributed by atoms with van der Waals surface area (Å²) in [6.07, 6.45) is 1.81. The predicted molar refractivity (Wildman–Crippen MR) is 163 cm³/mol. The van der Waals surface area contributed by atoms with Gasteiger partial charge in [0.05, 0.1) is 21.7 Å². The first-order valence-electron chi connectivity index (χ1n) is 11.3. The minimum absolute atomic E-state index is 0.167. The maximum Gasteiger partial charge on any atom is 0.270 e. The summed E-state index contributed by atoms with van der Waals surface area (Å²) in [5, 5.41) is 1.09. The molecule has 0 atom stereocenters. The molecular formula is C27H23BrCl2N2O3S2. The quantitative estimate of drug-likeness (QED) is 0.183. The van der Waals surface area contributed by atoms with E-state index in [1.54, 1.807) is 23.1 Å². The Bertz CT molecular complexity index is 1380. The summed E-state index contributed by atoms with van der Waals surface area (Å²) in [5.41, 5.74) is 3.35. The highest BCUT2D eigenvalue weighted by Crippen LogP contribution is 2.41. The number of thiocarbonyl (C=S) groups is 1. The van der Waals surface area contributed by atoms with E-state index in [-0.39, 0.29) is 12.5 Å². The van der Waals surface area contributed by atoms with Gasteiger partial charge in [-0.2, -0.15) is 0 Å². The van der Waals surface area contributed by atoms with Crippen LogP contribution in [0.4, 0.5) is 11.4 Å². The van der Waals surface area contributed by atoms with Crippen LogP contribution in [0.15, 0.2) is 64.0 Å². The first-order chi connectivity index (χ1) is 17.7. The number of thioether (sulfide) groups is 1. The van der Waals surface area contributed by atoms with Gasteiger partial charge in [-0.05, 0) is 83.0 Å². The minimum atomic E-state index is -0.167. The molecule has 0 spiro atoms. The number of anilines is 2. The molecule has 0 radical (unpaired) electrons. The van der Waals surface area contributed by atoms with Crippen molar-refractivity contribution >= 4 is 90.8 Å². The van der Waals surface area contributed by atoms with E-state index in [0.717, 1.165) is 22.5 Å². The Morgan fingerprint density at radius 1 is 1.08 bits per heavy atom. The van der Waals surface area contributed by atoms with Crippen molar-refractivity contribution in [2.45, 2.75) is 13.5 Å². The van der Waals surface area contributed by atoms with Crippen LogP contribution < -0.4 is 19.3 Å². The third-order valence-electron chi connectivity index (χ3n) is 5.43. The maximum absolute atomic E-state index is 13.3. The molecule has 0 bridgehead atoms. The van der Waals surface area contributed by atoms with Crippen molar-refractivity contribution in [3.63, 3.8) is 0 Å². The van der Waals surface area contributed by atoms with Gasteiger partial charge in [0.2, 0.25) is 0 Å².